The second kappa shape index (κ2) is 6.45. The summed E-state index contributed by atoms with van der Waals surface area (Å²) in [6.07, 6.45) is 2.30. The number of carbonyl (C=O) groups is 1. The Hall–Kier alpha value is -2.46. The van der Waals surface area contributed by atoms with Gasteiger partial charge in [0.1, 0.15) is 17.7 Å². The molecule has 0 radical (unpaired) electrons. The topological polar surface area (TPSA) is 75.1 Å². The minimum absolute atomic E-state index is 0.0291. The Labute approximate surface area is 143 Å². The van der Waals surface area contributed by atoms with Crippen molar-refractivity contribution in [3.8, 4) is 6.07 Å². The smallest absolute Gasteiger partial charge is 0.305 e. The molecule has 132 valence electrons. The summed E-state index contributed by atoms with van der Waals surface area (Å²) in [6.45, 7) is 3.48. The summed E-state index contributed by atoms with van der Waals surface area (Å²) in [6, 6.07) is 2.49. The van der Waals surface area contributed by atoms with Gasteiger partial charge < -0.3 is 14.5 Å². The van der Waals surface area contributed by atoms with Gasteiger partial charge in [-0.3, -0.25) is 4.79 Å². The van der Waals surface area contributed by atoms with E-state index in [1.54, 1.807) is 6.07 Å². The summed E-state index contributed by atoms with van der Waals surface area (Å²) in [5.74, 6) is -3.61. The number of halogens is 2. The van der Waals surface area contributed by atoms with Gasteiger partial charge >= 0.3 is 5.97 Å². The third-order valence-electron chi connectivity index (χ3n) is 4.43. The minimum atomic E-state index is -1.37. The predicted octanol–water partition coefficient (Wildman–Crippen LogP) is 3.80. The third kappa shape index (κ3) is 2.76. The summed E-state index contributed by atoms with van der Waals surface area (Å²) in [5.41, 5.74) is 0.761. The lowest BCUT2D eigenvalue weighted by Gasteiger charge is -2.36. The van der Waals surface area contributed by atoms with Crippen molar-refractivity contribution in [3.63, 3.8) is 0 Å². The summed E-state index contributed by atoms with van der Waals surface area (Å²) in [7, 11) is 0. The molecule has 0 bridgehead atoms. The second-order valence-electron chi connectivity index (χ2n) is 6.10. The maximum absolute atomic E-state index is 14.3. The minimum Gasteiger partial charge on any atom is -0.427 e. The van der Waals surface area contributed by atoms with Crippen LogP contribution in [-0.2, 0) is 26.5 Å². The number of nitrogens with zero attached hydrogens (tertiary/aromatic N) is 1. The van der Waals surface area contributed by atoms with Crippen LogP contribution >= 0.6 is 0 Å². The number of ether oxygens (including phenoxy) is 2. The van der Waals surface area contributed by atoms with Crippen LogP contribution in [-0.4, -0.2) is 17.6 Å². The number of hydrogen-bond donors (Lipinski definition) is 1. The van der Waals surface area contributed by atoms with E-state index in [2.05, 4.69) is 4.98 Å². The van der Waals surface area contributed by atoms with Crippen molar-refractivity contribution in [1.29, 1.82) is 5.26 Å². The SMILES string of the molecule is CCCCC1(OC(C)=O)OCCc2c1[nH]c1c(F)cc(F)c(C#N)c21. The number of unbranched alkanes of at least 4 members (excludes halogenated alkanes) is 1. The van der Waals surface area contributed by atoms with Gasteiger partial charge in [-0.2, -0.15) is 5.26 Å². The molecule has 1 N–H and O–H groups in total. The van der Waals surface area contributed by atoms with Crippen molar-refractivity contribution < 1.29 is 23.0 Å². The molecule has 1 aromatic heterocycles. The lowest BCUT2D eigenvalue weighted by Crippen LogP contribution is -2.39. The van der Waals surface area contributed by atoms with Crippen LogP contribution in [0.5, 0.6) is 0 Å². The number of H-pyrrole nitrogens is 1. The van der Waals surface area contributed by atoms with E-state index in [0.29, 0.717) is 36.6 Å². The van der Waals surface area contributed by atoms with Crippen molar-refractivity contribution in [3.05, 3.63) is 34.5 Å². The molecular weight excluding hydrogens is 330 g/mol. The monoisotopic (exact) mass is 348 g/mol. The maximum Gasteiger partial charge on any atom is 0.305 e. The van der Waals surface area contributed by atoms with Crippen LogP contribution in [0.2, 0.25) is 0 Å². The largest absolute Gasteiger partial charge is 0.427 e. The quantitative estimate of drug-likeness (QED) is 0.853. The Bertz CT molecular complexity index is 885. The Balaban J connectivity index is 2.30. The first kappa shape index (κ1) is 17.4. The van der Waals surface area contributed by atoms with Crippen LogP contribution in [0.3, 0.4) is 0 Å². The number of aromatic amines is 1. The number of benzene rings is 1. The van der Waals surface area contributed by atoms with Crippen LogP contribution in [0.4, 0.5) is 8.78 Å². The summed E-state index contributed by atoms with van der Waals surface area (Å²) in [4.78, 5) is 14.5. The number of hydrogen-bond acceptors (Lipinski definition) is 4. The molecule has 0 saturated carbocycles. The van der Waals surface area contributed by atoms with Crippen molar-refractivity contribution in [2.75, 3.05) is 6.61 Å². The molecule has 1 unspecified atom stereocenters. The molecule has 2 heterocycles. The van der Waals surface area contributed by atoms with Gasteiger partial charge in [0, 0.05) is 24.8 Å². The van der Waals surface area contributed by atoms with Gasteiger partial charge in [-0.25, -0.2) is 8.78 Å². The predicted molar refractivity (Wildman–Crippen MR) is 85.6 cm³/mol. The number of fused-ring (bicyclic) bond motifs is 3. The molecule has 0 saturated heterocycles. The molecule has 5 nitrogen and oxygen atoms in total. The molecule has 2 aromatic rings. The zero-order valence-electron chi connectivity index (χ0n) is 14.0. The Morgan fingerprint density at radius 3 is 2.88 bits per heavy atom. The number of esters is 1. The molecule has 3 rings (SSSR count). The number of nitrogens with one attached hydrogen (secondary N) is 1. The molecule has 0 aliphatic carbocycles. The standard InChI is InChI=1S/C18H18F2N2O3/c1-3-4-6-18(25-10(2)23)17-11(5-7-24-18)15-12(9-21)13(19)8-14(20)16(15)22-17/h8,22H,3-7H2,1-2H3. The molecular formula is C18H18F2N2O3. The van der Waals surface area contributed by atoms with Crippen LogP contribution in [0, 0.1) is 23.0 Å². The van der Waals surface area contributed by atoms with E-state index in [0.717, 1.165) is 6.42 Å². The molecule has 25 heavy (non-hydrogen) atoms. The first-order valence-electron chi connectivity index (χ1n) is 8.20. The average molecular weight is 348 g/mol. The van der Waals surface area contributed by atoms with Gasteiger partial charge in [0.15, 0.2) is 0 Å². The van der Waals surface area contributed by atoms with Gasteiger partial charge in [-0.05, 0) is 18.4 Å². The maximum atomic E-state index is 14.3. The molecule has 1 atom stereocenters. The fourth-order valence-corrected chi connectivity index (χ4v) is 3.41. The molecule has 1 aliphatic rings. The number of nitriles is 1. The first-order valence-corrected chi connectivity index (χ1v) is 8.20. The summed E-state index contributed by atoms with van der Waals surface area (Å²) < 4.78 is 39.6. The van der Waals surface area contributed by atoms with Gasteiger partial charge in [0.25, 0.3) is 5.79 Å². The molecule has 0 fully saturated rings. The Morgan fingerprint density at radius 1 is 1.48 bits per heavy atom. The summed E-state index contributed by atoms with van der Waals surface area (Å²) >= 11 is 0. The van der Waals surface area contributed by atoms with E-state index < -0.39 is 23.4 Å². The van der Waals surface area contributed by atoms with Gasteiger partial charge in [0.05, 0.1) is 23.4 Å². The summed E-state index contributed by atoms with van der Waals surface area (Å²) in [5, 5.41) is 9.50. The highest BCUT2D eigenvalue weighted by Crippen LogP contribution is 2.43. The lowest BCUT2D eigenvalue weighted by molar-refractivity contribution is -0.248. The van der Waals surface area contributed by atoms with E-state index in [4.69, 9.17) is 9.47 Å². The highest BCUT2D eigenvalue weighted by Gasteiger charge is 2.44. The number of rotatable bonds is 4. The fourth-order valence-electron chi connectivity index (χ4n) is 3.41. The van der Waals surface area contributed by atoms with Crippen molar-refractivity contribution in [2.45, 2.75) is 45.3 Å². The zero-order chi connectivity index (χ0) is 18.2. The normalized spacial score (nSPS) is 19.5. The highest BCUT2D eigenvalue weighted by molar-refractivity contribution is 5.91. The van der Waals surface area contributed by atoms with E-state index in [1.165, 1.54) is 6.92 Å². The number of aromatic nitrogens is 1. The molecule has 7 heteroatoms. The number of carbonyl (C=O) groups excluding carboxylic acids is 1. The van der Waals surface area contributed by atoms with E-state index in [-0.39, 0.29) is 23.1 Å². The first-order chi connectivity index (χ1) is 11.9. The highest BCUT2D eigenvalue weighted by atomic mass is 19.1. The molecule has 0 spiro atoms. The van der Waals surface area contributed by atoms with Crippen molar-refractivity contribution in [2.24, 2.45) is 0 Å². The van der Waals surface area contributed by atoms with E-state index >= 15 is 0 Å². The van der Waals surface area contributed by atoms with Gasteiger partial charge in [-0.15, -0.1) is 0 Å². The molecule has 0 amide bonds. The Morgan fingerprint density at radius 2 is 2.24 bits per heavy atom. The van der Waals surface area contributed by atoms with Crippen LogP contribution < -0.4 is 0 Å². The average Bonchev–Trinajstić information content (AvgIpc) is 2.95. The molecule has 1 aromatic carbocycles. The van der Waals surface area contributed by atoms with Crippen LogP contribution in [0.1, 0.15) is 49.9 Å². The van der Waals surface area contributed by atoms with Gasteiger partial charge in [0.2, 0.25) is 0 Å². The van der Waals surface area contributed by atoms with Crippen LogP contribution in [0.15, 0.2) is 6.07 Å². The van der Waals surface area contributed by atoms with E-state index in [1.807, 2.05) is 6.92 Å². The van der Waals surface area contributed by atoms with Crippen LogP contribution in [0.25, 0.3) is 10.9 Å². The van der Waals surface area contributed by atoms with Crippen molar-refractivity contribution in [1.82, 2.24) is 4.98 Å². The van der Waals surface area contributed by atoms with Gasteiger partial charge in [-0.1, -0.05) is 13.3 Å². The molecule has 1 aliphatic heterocycles. The fraction of sp³-hybridized carbons (Fsp3) is 0.444. The zero-order valence-corrected chi connectivity index (χ0v) is 14.0. The van der Waals surface area contributed by atoms with E-state index in [9.17, 15) is 18.8 Å². The third-order valence-corrected chi connectivity index (χ3v) is 4.43. The lowest BCUT2D eigenvalue weighted by atomic mass is 9.94. The second-order valence-corrected chi connectivity index (χ2v) is 6.10. The Kier molecular flexibility index (Phi) is 4.48. The van der Waals surface area contributed by atoms with Crippen molar-refractivity contribution >= 4 is 16.9 Å².